The second kappa shape index (κ2) is 7.09. The van der Waals surface area contributed by atoms with Gasteiger partial charge >= 0.3 is 12.0 Å². The number of urea groups is 1. The summed E-state index contributed by atoms with van der Waals surface area (Å²) >= 11 is 0. The number of amides is 2. The van der Waals surface area contributed by atoms with E-state index in [4.69, 9.17) is 4.74 Å². The molecular formula is C16H15N3O3. The Balaban J connectivity index is 1.94. The highest BCUT2D eigenvalue weighted by molar-refractivity contribution is 5.99. The molecule has 0 fully saturated rings. The van der Waals surface area contributed by atoms with E-state index in [1.165, 1.54) is 6.07 Å². The van der Waals surface area contributed by atoms with Crippen LogP contribution >= 0.6 is 0 Å². The first kappa shape index (κ1) is 15.3. The van der Waals surface area contributed by atoms with Crippen LogP contribution in [0.4, 0.5) is 16.2 Å². The number of aryl methyl sites for hydroxylation is 1. The summed E-state index contributed by atoms with van der Waals surface area (Å²) in [4.78, 5) is 27.4. The fourth-order valence-corrected chi connectivity index (χ4v) is 1.61. The maximum absolute atomic E-state index is 11.8. The third-order valence-corrected chi connectivity index (χ3v) is 2.66. The van der Waals surface area contributed by atoms with Crippen molar-refractivity contribution in [3.63, 3.8) is 0 Å². The van der Waals surface area contributed by atoms with Crippen molar-refractivity contribution in [3.8, 4) is 0 Å². The number of nitrogens with one attached hydrogen (secondary N) is 2. The fourth-order valence-electron chi connectivity index (χ4n) is 1.61. The van der Waals surface area contributed by atoms with Gasteiger partial charge < -0.3 is 15.4 Å². The molecule has 0 spiro atoms. The van der Waals surface area contributed by atoms with Crippen LogP contribution in [0.3, 0.4) is 0 Å². The molecule has 112 valence electrons. The van der Waals surface area contributed by atoms with Gasteiger partial charge in [0, 0.05) is 5.69 Å². The molecule has 0 unspecified atom stereocenters. The molecule has 0 aliphatic rings. The Hall–Kier alpha value is -3.07. The van der Waals surface area contributed by atoms with Crippen LogP contribution in [-0.4, -0.2) is 23.6 Å². The summed E-state index contributed by atoms with van der Waals surface area (Å²) in [5.74, 6) is -0.472. The van der Waals surface area contributed by atoms with E-state index in [-0.39, 0.29) is 5.56 Å². The lowest BCUT2D eigenvalue weighted by molar-refractivity contribution is 0.0526. The predicted octanol–water partition coefficient (Wildman–Crippen LogP) is 2.81. The van der Waals surface area contributed by atoms with E-state index in [1.807, 2.05) is 6.92 Å². The van der Waals surface area contributed by atoms with Crippen LogP contribution in [0.5, 0.6) is 0 Å². The SMILES string of the molecule is CCOC(=O)c1c#cc(NC(=O)Nc2ccc(C)nc2)cc1. The molecule has 2 aromatic rings. The topological polar surface area (TPSA) is 80.3 Å². The highest BCUT2D eigenvalue weighted by Crippen LogP contribution is 2.08. The zero-order valence-electron chi connectivity index (χ0n) is 12.3. The molecule has 6 heteroatoms. The minimum Gasteiger partial charge on any atom is -0.462 e. The maximum Gasteiger partial charge on any atom is 0.346 e. The number of esters is 1. The molecule has 0 bridgehead atoms. The normalized spacial score (nSPS) is 9.55. The van der Waals surface area contributed by atoms with E-state index >= 15 is 0 Å². The van der Waals surface area contributed by atoms with E-state index in [0.29, 0.717) is 18.0 Å². The van der Waals surface area contributed by atoms with Gasteiger partial charge in [0.05, 0.1) is 24.2 Å². The van der Waals surface area contributed by atoms with Crippen LogP contribution in [0.2, 0.25) is 0 Å². The van der Waals surface area contributed by atoms with Crippen LogP contribution in [0.1, 0.15) is 23.0 Å². The van der Waals surface area contributed by atoms with E-state index in [0.717, 1.165) is 5.69 Å². The number of ether oxygens (including phenoxy) is 1. The first-order valence-electron chi connectivity index (χ1n) is 6.70. The zero-order chi connectivity index (χ0) is 15.9. The number of carbonyl (C=O) groups is 2. The highest BCUT2D eigenvalue weighted by atomic mass is 16.5. The number of hydrogen-bond donors (Lipinski definition) is 2. The number of carbonyl (C=O) groups excluding carboxylic acids is 2. The summed E-state index contributed by atoms with van der Waals surface area (Å²) in [6.45, 7) is 3.88. The van der Waals surface area contributed by atoms with Crippen molar-refractivity contribution in [1.82, 2.24) is 4.98 Å². The third-order valence-electron chi connectivity index (χ3n) is 2.66. The quantitative estimate of drug-likeness (QED) is 0.850. The molecule has 0 saturated carbocycles. The number of anilines is 2. The minimum absolute atomic E-state index is 0.260. The van der Waals surface area contributed by atoms with Gasteiger partial charge in [0.1, 0.15) is 5.56 Å². The summed E-state index contributed by atoms with van der Waals surface area (Å²) in [6.07, 6.45) is 1.56. The molecule has 0 aliphatic carbocycles. The molecular weight excluding hydrogens is 282 g/mol. The molecule has 2 rings (SSSR count). The molecule has 2 N–H and O–H groups in total. The number of nitrogens with zero attached hydrogens (tertiary/aromatic N) is 1. The van der Waals surface area contributed by atoms with Crippen molar-refractivity contribution in [2.75, 3.05) is 17.2 Å². The Morgan fingerprint density at radius 1 is 1.18 bits per heavy atom. The van der Waals surface area contributed by atoms with Crippen molar-refractivity contribution in [2.45, 2.75) is 13.8 Å². The summed E-state index contributed by atoms with van der Waals surface area (Å²) in [6, 6.07) is 11.5. The molecule has 0 aliphatic heterocycles. The molecule has 1 aromatic heterocycles. The summed E-state index contributed by atoms with van der Waals surface area (Å²) < 4.78 is 4.84. The molecule has 0 radical (unpaired) electrons. The second-order valence-electron chi connectivity index (χ2n) is 4.40. The number of hydrogen-bond acceptors (Lipinski definition) is 4. The van der Waals surface area contributed by atoms with Gasteiger partial charge in [-0.25, -0.2) is 9.59 Å². The Labute approximate surface area is 128 Å². The van der Waals surface area contributed by atoms with E-state index in [2.05, 4.69) is 27.8 Å². The van der Waals surface area contributed by atoms with E-state index < -0.39 is 12.0 Å². The first-order valence-corrected chi connectivity index (χ1v) is 6.70. The lowest BCUT2D eigenvalue weighted by Gasteiger charge is -2.06. The van der Waals surface area contributed by atoms with Gasteiger partial charge in [-0.15, -0.1) is 0 Å². The number of pyridine rings is 1. The standard InChI is InChI=1S/C16H15N3O3/c1-3-22-15(20)12-5-8-13(9-6-12)18-16(21)19-14-7-4-11(2)17-10-14/h4-5,7-8,10H,3H2,1-2H3,(H2,18,19,21). The lowest BCUT2D eigenvalue weighted by Crippen LogP contribution is -2.19. The van der Waals surface area contributed by atoms with Crippen LogP contribution < -0.4 is 10.6 Å². The largest absolute Gasteiger partial charge is 0.462 e. The van der Waals surface area contributed by atoms with Crippen molar-refractivity contribution in [2.24, 2.45) is 0 Å². The second-order valence-corrected chi connectivity index (χ2v) is 4.40. The minimum atomic E-state index is -0.472. The number of rotatable bonds is 4. The van der Waals surface area contributed by atoms with Gasteiger partial charge in [0.2, 0.25) is 0 Å². The molecule has 1 aromatic carbocycles. The van der Waals surface area contributed by atoms with Crippen LogP contribution in [0.15, 0.2) is 30.5 Å². The molecule has 22 heavy (non-hydrogen) atoms. The first-order chi connectivity index (χ1) is 10.6. The highest BCUT2D eigenvalue weighted by Gasteiger charge is 2.06. The molecule has 0 atom stereocenters. The molecule has 2 amide bonds. The van der Waals surface area contributed by atoms with Gasteiger partial charge in [-0.05, 0) is 44.2 Å². The van der Waals surface area contributed by atoms with E-state index in [1.54, 1.807) is 31.3 Å². The van der Waals surface area contributed by atoms with Gasteiger partial charge in [0.25, 0.3) is 0 Å². The third kappa shape index (κ3) is 4.21. The van der Waals surface area contributed by atoms with Crippen LogP contribution in [-0.2, 0) is 4.74 Å². The monoisotopic (exact) mass is 297 g/mol. The van der Waals surface area contributed by atoms with Gasteiger partial charge in [-0.1, -0.05) is 6.07 Å². The molecule has 1 heterocycles. The van der Waals surface area contributed by atoms with Crippen molar-refractivity contribution < 1.29 is 14.3 Å². The Morgan fingerprint density at radius 3 is 2.59 bits per heavy atom. The van der Waals surface area contributed by atoms with Gasteiger partial charge in [0.15, 0.2) is 0 Å². The molecule has 0 saturated heterocycles. The Kier molecular flexibility index (Phi) is 4.94. The van der Waals surface area contributed by atoms with Crippen molar-refractivity contribution in [1.29, 1.82) is 0 Å². The lowest BCUT2D eigenvalue weighted by atomic mass is 10.2. The Morgan fingerprint density at radius 2 is 2.00 bits per heavy atom. The number of aromatic nitrogens is 1. The Bertz CT molecular complexity index is 651. The van der Waals surface area contributed by atoms with Gasteiger partial charge in [-0.2, -0.15) is 0 Å². The smallest absolute Gasteiger partial charge is 0.346 e. The predicted molar refractivity (Wildman–Crippen MR) is 81.7 cm³/mol. The van der Waals surface area contributed by atoms with Crippen LogP contribution in [0, 0.1) is 19.1 Å². The summed E-state index contributed by atoms with van der Waals surface area (Å²) in [5.41, 5.74) is 2.10. The average molecular weight is 297 g/mol. The van der Waals surface area contributed by atoms with Crippen molar-refractivity contribution in [3.05, 3.63) is 53.9 Å². The maximum atomic E-state index is 11.8. The zero-order valence-corrected chi connectivity index (χ0v) is 12.3. The van der Waals surface area contributed by atoms with Crippen LogP contribution in [0.25, 0.3) is 0 Å². The average Bonchev–Trinajstić information content (AvgIpc) is 2.50. The summed E-state index contributed by atoms with van der Waals surface area (Å²) in [5, 5.41) is 5.22. The summed E-state index contributed by atoms with van der Waals surface area (Å²) in [7, 11) is 0. The van der Waals surface area contributed by atoms with Crippen molar-refractivity contribution >= 4 is 23.4 Å². The van der Waals surface area contributed by atoms with E-state index in [9.17, 15) is 9.59 Å². The molecule has 6 nitrogen and oxygen atoms in total. The van der Waals surface area contributed by atoms with Gasteiger partial charge in [-0.3, -0.25) is 4.98 Å². The fraction of sp³-hybridized carbons (Fsp3) is 0.188.